The lowest BCUT2D eigenvalue weighted by molar-refractivity contribution is 0.184. The highest BCUT2D eigenvalue weighted by atomic mass is 16.5. The molecule has 4 heterocycles. The van der Waals surface area contributed by atoms with Crippen LogP contribution in [0.15, 0.2) is 18.3 Å². The van der Waals surface area contributed by atoms with E-state index in [1.54, 1.807) is 0 Å². The number of piperidine rings is 1. The van der Waals surface area contributed by atoms with Crippen molar-refractivity contribution in [1.29, 1.82) is 0 Å². The summed E-state index contributed by atoms with van der Waals surface area (Å²) >= 11 is 0. The molecule has 4 rings (SSSR count). The maximum atomic E-state index is 5.62. The van der Waals surface area contributed by atoms with Gasteiger partial charge in [0.1, 0.15) is 11.3 Å². The maximum absolute atomic E-state index is 5.62. The van der Waals surface area contributed by atoms with E-state index in [0.717, 1.165) is 37.3 Å². The average Bonchev–Trinajstić information content (AvgIpc) is 3.21. The Morgan fingerprint density at radius 3 is 2.86 bits per heavy atom. The van der Waals surface area contributed by atoms with E-state index in [9.17, 15) is 0 Å². The van der Waals surface area contributed by atoms with Crippen LogP contribution in [0.1, 0.15) is 44.0 Å². The van der Waals surface area contributed by atoms with Crippen LogP contribution in [-0.2, 0) is 4.74 Å². The van der Waals surface area contributed by atoms with Crippen molar-refractivity contribution in [2.45, 2.75) is 38.1 Å². The number of ether oxygens (including phenoxy) is 1. The van der Waals surface area contributed by atoms with Gasteiger partial charge in [-0.3, -0.25) is 0 Å². The highest BCUT2D eigenvalue weighted by molar-refractivity contribution is 5.71. The summed E-state index contributed by atoms with van der Waals surface area (Å²) in [6.45, 7) is 7.40. The topological polar surface area (TPSA) is 43.2 Å². The zero-order valence-corrected chi connectivity index (χ0v) is 13.2. The number of imidazole rings is 1. The molecule has 0 saturated carbocycles. The van der Waals surface area contributed by atoms with Gasteiger partial charge in [0, 0.05) is 18.7 Å². The number of aromatic nitrogens is 3. The first kappa shape index (κ1) is 14.2. The molecule has 2 saturated heterocycles. The standard InChI is InChI=1S/C17H24N4O/c1-2-20-9-5-13(6-10-20)16-19-15-4-3-8-18-17(15)21(16)14-7-11-22-12-14/h3-4,8,13-14H,2,5-7,9-12H2,1H3. The fraction of sp³-hybridized carbons (Fsp3) is 0.647. The highest BCUT2D eigenvalue weighted by Gasteiger charge is 2.29. The van der Waals surface area contributed by atoms with Gasteiger partial charge in [-0.1, -0.05) is 6.92 Å². The molecule has 0 N–H and O–H groups in total. The first-order valence-electron chi connectivity index (χ1n) is 8.49. The van der Waals surface area contributed by atoms with E-state index in [1.807, 2.05) is 12.3 Å². The number of fused-ring (bicyclic) bond motifs is 1. The molecule has 0 aliphatic carbocycles. The smallest absolute Gasteiger partial charge is 0.160 e. The van der Waals surface area contributed by atoms with E-state index in [2.05, 4.69) is 27.4 Å². The monoisotopic (exact) mass is 300 g/mol. The third kappa shape index (κ3) is 2.42. The zero-order chi connectivity index (χ0) is 14.9. The van der Waals surface area contributed by atoms with Gasteiger partial charge in [-0.15, -0.1) is 0 Å². The van der Waals surface area contributed by atoms with Gasteiger partial charge in [0.2, 0.25) is 0 Å². The molecule has 0 amide bonds. The normalized spacial score (nSPS) is 24.3. The number of hydrogen-bond acceptors (Lipinski definition) is 4. The van der Waals surface area contributed by atoms with Crippen LogP contribution >= 0.6 is 0 Å². The fourth-order valence-electron chi connectivity index (χ4n) is 3.83. The van der Waals surface area contributed by atoms with Gasteiger partial charge in [0.05, 0.1) is 12.6 Å². The number of hydrogen-bond donors (Lipinski definition) is 0. The summed E-state index contributed by atoms with van der Waals surface area (Å²) in [4.78, 5) is 12.1. The summed E-state index contributed by atoms with van der Waals surface area (Å²) in [5, 5.41) is 0. The predicted molar refractivity (Wildman–Crippen MR) is 86.1 cm³/mol. The molecular formula is C17H24N4O. The van der Waals surface area contributed by atoms with Crippen molar-refractivity contribution >= 4 is 11.2 Å². The molecule has 0 bridgehead atoms. The lowest BCUT2D eigenvalue weighted by Gasteiger charge is -2.31. The predicted octanol–water partition coefficient (Wildman–Crippen LogP) is 2.59. The molecule has 2 aromatic rings. The minimum Gasteiger partial charge on any atom is -0.379 e. The van der Waals surface area contributed by atoms with Crippen molar-refractivity contribution < 1.29 is 4.74 Å². The van der Waals surface area contributed by atoms with Gasteiger partial charge in [-0.05, 0) is 51.0 Å². The van der Waals surface area contributed by atoms with Crippen LogP contribution in [0.5, 0.6) is 0 Å². The summed E-state index contributed by atoms with van der Waals surface area (Å²) in [7, 11) is 0. The van der Waals surface area contributed by atoms with E-state index in [4.69, 9.17) is 9.72 Å². The molecule has 1 unspecified atom stereocenters. The Morgan fingerprint density at radius 2 is 2.14 bits per heavy atom. The van der Waals surface area contributed by atoms with Crippen LogP contribution in [0.25, 0.3) is 11.2 Å². The summed E-state index contributed by atoms with van der Waals surface area (Å²) < 4.78 is 8.01. The molecule has 0 spiro atoms. The van der Waals surface area contributed by atoms with Crippen molar-refractivity contribution in [1.82, 2.24) is 19.4 Å². The lowest BCUT2D eigenvalue weighted by Crippen LogP contribution is -2.33. The quantitative estimate of drug-likeness (QED) is 0.874. The summed E-state index contributed by atoms with van der Waals surface area (Å²) in [5.41, 5.74) is 2.06. The molecule has 2 aliphatic heterocycles. The van der Waals surface area contributed by atoms with Gasteiger partial charge in [0.15, 0.2) is 5.65 Å². The van der Waals surface area contributed by atoms with Gasteiger partial charge in [-0.25, -0.2) is 9.97 Å². The second kappa shape index (κ2) is 5.97. The second-order valence-corrected chi connectivity index (χ2v) is 6.41. The Hall–Kier alpha value is -1.46. The van der Waals surface area contributed by atoms with Crippen LogP contribution in [0.2, 0.25) is 0 Å². The lowest BCUT2D eigenvalue weighted by atomic mass is 9.95. The fourth-order valence-corrected chi connectivity index (χ4v) is 3.83. The van der Waals surface area contributed by atoms with Crippen LogP contribution < -0.4 is 0 Å². The molecule has 22 heavy (non-hydrogen) atoms. The first-order chi connectivity index (χ1) is 10.9. The third-order valence-corrected chi connectivity index (χ3v) is 5.15. The van der Waals surface area contributed by atoms with Crippen LogP contribution in [0.4, 0.5) is 0 Å². The van der Waals surface area contributed by atoms with E-state index in [1.165, 1.54) is 31.8 Å². The van der Waals surface area contributed by atoms with Crippen LogP contribution in [0.3, 0.4) is 0 Å². The van der Waals surface area contributed by atoms with E-state index in [-0.39, 0.29) is 0 Å². The maximum Gasteiger partial charge on any atom is 0.160 e. The van der Waals surface area contributed by atoms with Gasteiger partial charge >= 0.3 is 0 Å². The third-order valence-electron chi connectivity index (χ3n) is 5.15. The minimum absolute atomic E-state index is 0.402. The summed E-state index contributed by atoms with van der Waals surface area (Å²) in [6.07, 6.45) is 5.35. The van der Waals surface area contributed by atoms with Gasteiger partial charge in [-0.2, -0.15) is 0 Å². The number of likely N-dealkylation sites (tertiary alicyclic amines) is 1. The summed E-state index contributed by atoms with van der Waals surface area (Å²) in [5.74, 6) is 1.79. The Kier molecular flexibility index (Phi) is 3.84. The first-order valence-corrected chi connectivity index (χ1v) is 8.49. The van der Waals surface area contributed by atoms with Crippen molar-refractivity contribution in [2.75, 3.05) is 32.8 Å². The number of rotatable bonds is 3. The molecule has 5 heteroatoms. The Labute approximate surface area is 131 Å². The van der Waals surface area contributed by atoms with Crippen LogP contribution in [0, 0.1) is 0 Å². The Bertz CT molecular complexity index is 639. The number of pyridine rings is 1. The molecule has 118 valence electrons. The van der Waals surface area contributed by atoms with Crippen molar-refractivity contribution in [3.05, 3.63) is 24.2 Å². The van der Waals surface area contributed by atoms with Crippen molar-refractivity contribution in [3.63, 3.8) is 0 Å². The van der Waals surface area contributed by atoms with Gasteiger partial charge in [0.25, 0.3) is 0 Å². The zero-order valence-electron chi connectivity index (χ0n) is 13.2. The average molecular weight is 300 g/mol. The van der Waals surface area contributed by atoms with Gasteiger partial charge < -0.3 is 14.2 Å². The molecule has 0 radical (unpaired) electrons. The molecule has 2 aromatic heterocycles. The highest BCUT2D eigenvalue weighted by Crippen LogP contribution is 2.33. The molecular weight excluding hydrogens is 276 g/mol. The minimum atomic E-state index is 0.402. The van der Waals surface area contributed by atoms with Crippen LogP contribution in [-0.4, -0.2) is 52.3 Å². The Morgan fingerprint density at radius 1 is 1.27 bits per heavy atom. The largest absolute Gasteiger partial charge is 0.379 e. The van der Waals surface area contributed by atoms with Crippen molar-refractivity contribution in [3.8, 4) is 0 Å². The number of nitrogens with zero attached hydrogens (tertiary/aromatic N) is 4. The van der Waals surface area contributed by atoms with E-state index in [0.29, 0.717) is 12.0 Å². The van der Waals surface area contributed by atoms with E-state index >= 15 is 0 Å². The molecule has 1 atom stereocenters. The molecule has 0 aromatic carbocycles. The SMILES string of the molecule is CCN1CCC(c2nc3cccnc3n2C2CCOC2)CC1. The molecule has 2 aliphatic rings. The molecule has 2 fully saturated rings. The summed E-state index contributed by atoms with van der Waals surface area (Å²) in [6, 6.07) is 4.47. The Balaban J connectivity index is 1.71. The van der Waals surface area contributed by atoms with Crippen molar-refractivity contribution in [2.24, 2.45) is 0 Å². The molecule has 5 nitrogen and oxygen atoms in total. The van der Waals surface area contributed by atoms with E-state index < -0.39 is 0 Å². The second-order valence-electron chi connectivity index (χ2n) is 6.41.